The molecular weight excluding hydrogens is 260 g/mol. The number of aromatic amines is 1. The molecule has 1 aromatic carbocycles. The van der Waals surface area contributed by atoms with Crippen LogP contribution >= 0.6 is 0 Å². The van der Waals surface area contributed by atoms with Gasteiger partial charge in [0.2, 0.25) is 0 Å². The highest BCUT2D eigenvalue weighted by atomic mass is 14.9. The molecule has 2 aromatic heterocycles. The summed E-state index contributed by atoms with van der Waals surface area (Å²) in [4.78, 5) is 7.46. The Kier molecular flexibility index (Phi) is 3.17. The zero-order valence-corrected chi connectivity index (χ0v) is 11.6. The van der Waals surface area contributed by atoms with Gasteiger partial charge in [-0.15, -0.1) is 0 Å². The van der Waals surface area contributed by atoms with E-state index >= 15 is 0 Å². The molecule has 4 heteroatoms. The third kappa shape index (κ3) is 2.37. The Morgan fingerprint density at radius 1 is 1.19 bits per heavy atom. The molecule has 2 heterocycles. The summed E-state index contributed by atoms with van der Waals surface area (Å²) in [5, 5.41) is 9.31. The van der Waals surface area contributed by atoms with Crippen molar-refractivity contribution in [2.45, 2.75) is 6.92 Å². The number of rotatable bonds is 2. The lowest BCUT2D eigenvalue weighted by Gasteiger charge is -2.09. The topological polar surface area (TPSA) is 78.5 Å². The van der Waals surface area contributed by atoms with Gasteiger partial charge in [0.25, 0.3) is 0 Å². The number of nitrogens with one attached hydrogen (secondary N) is 1. The van der Waals surface area contributed by atoms with Crippen LogP contribution in [0.3, 0.4) is 0 Å². The molecule has 3 rings (SSSR count). The second-order valence-corrected chi connectivity index (χ2v) is 4.88. The Bertz CT molecular complexity index is 809. The van der Waals surface area contributed by atoms with E-state index in [0.717, 1.165) is 22.5 Å². The maximum Gasteiger partial charge on any atom is 0.142 e. The van der Waals surface area contributed by atoms with Crippen LogP contribution in [0.15, 0.2) is 48.7 Å². The fourth-order valence-corrected chi connectivity index (χ4v) is 2.26. The predicted molar refractivity (Wildman–Crippen MR) is 83.3 cm³/mol. The van der Waals surface area contributed by atoms with Crippen molar-refractivity contribution < 1.29 is 0 Å². The van der Waals surface area contributed by atoms with E-state index < -0.39 is 0 Å². The molecule has 21 heavy (non-hydrogen) atoms. The monoisotopic (exact) mass is 274 g/mol. The van der Waals surface area contributed by atoms with E-state index in [0.29, 0.717) is 5.56 Å². The predicted octanol–water partition coefficient (Wildman–Crippen LogP) is 3.51. The van der Waals surface area contributed by atoms with Gasteiger partial charge in [-0.25, -0.2) is 4.98 Å². The maximum absolute atomic E-state index is 9.31. The highest BCUT2D eigenvalue weighted by Gasteiger charge is 2.13. The smallest absolute Gasteiger partial charge is 0.142 e. The van der Waals surface area contributed by atoms with Gasteiger partial charge in [0.05, 0.1) is 5.69 Å². The summed E-state index contributed by atoms with van der Waals surface area (Å²) >= 11 is 0. The molecule has 0 aliphatic heterocycles. The first-order chi connectivity index (χ1) is 10.2. The highest BCUT2D eigenvalue weighted by molar-refractivity contribution is 5.78. The summed E-state index contributed by atoms with van der Waals surface area (Å²) in [6.07, 6.45) is 1.82. The number of hydrogen-bond donors (Lipinski definition) is 2. The summed E-state index contributed by atoms with van der Waals surface area (Å²) in [6.45, 7) is 2.04. The number of aryl methyl sites for hydroxylation is 1. The van der Waals surface area contributed by atoms with Gasteiger partial charge in [0.1, 0.15) is 17.5 Å². The second-order valence-electron chi connectivity index (χ2n) is 4.88. The molecule has 0 aliphatic rings. The Hall–Kier alpha value is -3.06. The zero-order chi connectivity index (χ0) is 14.8. The largest absolute Gasteiger partial charge is 0.383 e. The van der Waals surface area contributed by atoms with Gasteiger partial charge in [-0.2, -0.15) is 5.26 Å². The molecule has 0 saturated carbocycles. The third-order valence-corrected chi connectivity index (χ3v) is 3.39. The van der Waals surface area contributed by atoms with Crippen LogP contribution in [-0.2, 0) is 0 Å². The van der Waals surface area contributed by atoms with Gasteiger partial charge in [-0.3, -0.25) is 0 Å². The molecule has 0 saturated heterocycles. The number of nitrogens with zero attached hydrogens (tertiary/aromatic N) is 2. The van der Waals surface area contributed by atoms with Crippen LogP contribution in [0.5, 0.6) is 0 Å². The molecule has 3 aromatic rings. The number of hydrogen-bond acceptors (Lipinski definition) is 3. The molecule has 0 fully saturated rings. The summed E-state index contributed by atoms with van der Waals surface area (Å²) in [5.74, 6) is 0.250. The molecule has 0 bridgehead atoms. The first-order valence-corrected chi connectivity index (χ1v) is 6.60. The van der Waals surface area contributed by atoms with Gasteiger partial charge < -0.3 is 10.7 Å². The third-order valence-electron chi connectivity index (χ3n) is 3.39. The van der Waals surface area contributed by atoms with Crippen molar-refractivity contribution in [3.63, 3.8) is 0 Å². The molecule has 0 spiro atoms. The van der Waals surface area contributed by atoms with Crippen molar-refractivity contribution in [3.8, 4) is 28.6 Å². The fourth-order valence-electron chi connectivity index (χ4n) is 2.26. The van der Waals surface area contributed by atoms with Crippen LogP contribution in [0, 0.1) is 18.3 Å². The van der Waals surface area contributed by atoms with E-state index in [4.69, 9.17) is 5.73 Å². The van der Waals surface area contributed by atoms with Gasteiger partial charge in [0.15, 0.2) is 0 Å². The van der Waals surface area contributed by atoms with Crippen LogP contribution in [0.25, 0.3) is 22.5 Å². The van der Waals surface area contributed by atoms with Gasteiger partial charge in [-0.05, 0) is 25.1 Å². The maximum atomic E-state index is 9.31. The molecule has 0 aliphatic carbocycles. The van der Waals surface area contributed by atoms with E-state index in [-0.39, 0.29) is 5.82 Å². The summed E-state index contributed by atoms with van der Waals surface area (Å²) in [5.41, 5.74) is 10.9. The summed E-state index contributed by atoms with van der Waals surface area (Å²) in [6, 6.07) is 15.9. The van der Waals surface area contributed by atoms with Crippen molar-refractivity contribution in [2.75, 3.05) is 5.73 Å². The molecule has 102 valence electrons. The molecule has 0 radical (unpaired) electrons. The van der Waals surface area contributed by atoms with Gasteiger partial charge in [0, 0.05) is 23.0 Å². The van der Waals surface area contributed by atoms with E-state index in [2.05, 4.69) is 16.0 Å². The van der Waals surface area contributed by atoms with E-state index in [1.54, 1.807) is 0 Å². The van der Waals surface area contributed by atoms with Gasteiger partial charge >= 0.3 is 0 Å². The Labute approximate surface area is 122 Å². The number of aromatic nitrogens is 2. The standard InChI is InChI=1S/C17H14N4/c1-11-4-6-12(7-5-11)16-9-13(15-3-2-8-20-15)14(10-18)17(19)21-16/h2-9,20H,1H3,(H2,19,21). The van der Waals surface area contributed by atoms with E-state index in [9.17, 15) is 5.26 Å². The van der Waals surface area contributed by atoms with Crippen molar-refractivity contribution in [1.82, 2.24) is 9.97 Å². The normalized spacial score (nSPS) is 10.3. The molecular formula is C17H14N4. The lowest BCUT2D eigenvalue weighted by molar-refractivity contribution is 1.29. The van der Waals surface area contributed by atoms with Crippen LogP contribution in [0.1, 0.15) is 11.1 Å². The second kappa shape index (κ2) is 5.14. The number of H-pyrrole nitrogens is 1. The minimum Gasteiger partial charge on any atom is -0.383 e. The lowest BCUT2D eigenvalue weighted by atomic mass is 10.0. The number of nitrogen functional groups attached to an aromatic ring is 1. The Morgan fingerprint density at radius 3 is 2.57 bits per heavy atom. The number of benzene rings is 1. The zero-order valence-electron chi connectivity index (χ0n) is 11.6. The number of nitriles is 1. The lowest BCUT2D eigenvalue weighted by Crippen LogP contribution is -1.99. The molecule has 4 nitrogen and oxygen atoms in total. The van der Waals surface area contributed by atoms with Crippen molar-refractivity contribution in [1.29, 1.82) is 5.26 Å². The Balaban J connectivity index is 2.21. The van der Waals surface area contributed by atoms with Crippen molar-refractivity contribution in [3.05, 3.63) is 59.8 Å². The van der Waals surface area contributed by atoms with Crippen LogP contribution in [0.2, 0.25) is 0 Å². The Morgan fingerprint density at radius 2 is 1.95 bits per heavy atom. The summed E-state index contributed by atoms with van der Waals surface area (Å²) in [7, 11) is 0. The van der Waals surface area contributed by atoms with Crippen LogP contribution in [0.4, 0.5) is 5.82 Å². The van der Waals surface area contributed by atoms with Gasteiger partial charge in [-0.1, -0.05) is 29.8 Å². The fraction of sp³-hybridized carbons (Fsp3) is 0.0588. The summed E-state index contributed by atoms with van der Waals surface area (Å²) < 4.78 is 0. The molecule has 0 unspecified atom stereocenters. The number of pyridine rings is 1. The highest BCUT2D eigenvalue weighted by Crippen LogP contribution is 2.30. The quantitative estimate of drug-likeness (QED) is 0.750. The minimum atomic E-state index is 0.250. The minimum absolute atomic E-state index is 0.250. The first-order valence-electron chi connectivity index (χ1n) is 6.60. The van der Waals surface area contributed by atoms with E-state index in [1.165, 1.54) is 5.56 Å². The first kappa shape index (κ1) is 12.9. The molecule has 0 atom stereocenters. The SMILES string of the molecule is Cc1ccc(-c2cc(-c3ccc[nH]3)c(C#N)c(N)n2)cc1. The average Bonchev–Trinajstić information content (AvgIpc) is 3.01. The van der Waals surface area contributed by atoms with Crippen molar-refractivity contribution >= 4 is 5.82 Å². The van der Waals surface area contributed by atoms with E-state index in [1.807, 2.05) is 55.6 Å². The molecule has 0 amide bonds. The molecule has 3 N–H and O–H groups in total. The van der Waals surface area contributed by atoms with Crippen LogP contribution < -0.4 is 5.73 Å². The van der Waals surface area contributed by atoms with Crippen molar-refractivity contribution in [2.24, 2.45) is 0 Å². The number of nitrogens with two attached hydrogens (primary N) is 1. The average molecular weight is 274 g/mol. The van der Waals surface area contributed by atoms with Crippen LogP contribution in [-0.4, -0.2) is 9.97 Å². The number of anilines is 1.